The van der Waals surface area contributed by atoms with Crippen LogP contribution < -0.4 is 5.73 Å². The molecule has 0 saturated heterocycles. The van der Waals surface area contributed by atoms with Gasteiger partial charge in [0.2, 0.25) is 0 Å². The summed E-state index contributed by atoms with van der Waals surface area (Å²) in [4.78, 5) is 4.10. The van der Waals surface area contributed by atoms with Crippen LogP contribution in [-0.4, -0.2) is 4.98 Å². The van der Waals surface area contributed by atoms with Crippen LogP contribution in [0.2, 0.25) is 0 Å². The average Bonchev–Trinajstić information content (AvgIpc) is 2.50. The first kappa shape index (κ1) is 9.06. The molecular weight excluding hydrogens is 176 g/mol. The highest BCUT2D eigenvalue weighted by Gasteiger charge is 2.20. The van der Waals surface area contributed by atoms with Crippen LogP contribution in [0.3, 0.4) is 0 Å². The Bertz CT molecular complexity index is 466. The van der Waals surface area contributed by atoms with E-state index in [1.165, 1.54) is 6.39 Å². The summed E-state index contributed by atoms with van der Waals surface area (Å²) in [7, 11) is 0. The topological polar surface area (TPSA) is 52.0 Å². The molecule has 0 fully saturated rings. The smallest absolute Gasteiger partial charge is 0.182 e. The molecule has 0 aliphatic heterocycles. The lowest BCUT2D eigenvalue weighted by Crippen LogP contribution is -2.11. The molecule has 0 unspecified atom stereocenters. The molecule has 2 rings (SSSR count). The van der Waals surface area contributed by atoms with Crippen LogP contribution in [0.15, 0.2) is 22.9 Å². The molecule has 2 aromatic rings. The zero-order valence-corrected chi connectivity index (χ0v) is 8.66. The molecule has 1 heterocycles. The van der Waals surface area contributed by atoms with E-state index >= 15 is 0 Å². The van der Waals surface area contributed by atoms with Gasteiger partial charge in [-0.15, -0.1) is 0 Å². The number of nitrogens with two attached hydrogens (primary N) is 1. The van der Waals surface area contributed by atoms with Crippen molar-refractivity contribution in [3.8, 4) is 0 Å². The van der Waals surface area contributed by atoms with Crippen molar-refractivity contribution < 1.29 is 4.42 Å². The van der Waals surface area contributed by atoms with Crippen LogP contribution in [0.5, 0.6) is 0 Å². The van der Waals surface area contributed by atoms with Gasteiger partial charge >= 0.3 is 0 Å². The van der Waals surface area contributed by atoms with Crippen molar-refractivity contribution in [2.45, 2.75) is 26.2 Å². The lowest BCUT2D eigenvalue weighted by molar-refractivity contribution is 0.554. The van der Waals surface area contributed by atoms with E-state index in [4.69, 9.17) is 10.2 Å². The van der Waals surface area contributed by atoms with Gasteiger partial charge in [0.15, 0.2) is 12.0 Å². The van der Waals surface area contributed by atoms with E-state index in [0.717, 1.165) is 16.7 Å². The summed E-state index contributed by atoms with van der Waals surface area (Å²) in [5, 5.41) is 0. The molecule has 0 saturated carbocycles. The number of hydrogen-bond donors (Lipinski definition) is 1. The van der Waals surface area contributed by atoms with Gasteiger partial charge in [-0.2, -0.15) is 0 Å². The van der Waals surface area contributed by atoms with Crippen molar-refractivity contribution in [2.75, 3.05) is 5.73 Å². The van der Waals surface area contributed by atoms with Gasteiger partial charge < -0.3 is 10.2 Å². The summed E-state index contributed by atoms with van der Waals surface area (Å²) in [6.07, 6.45) is 1.44. The van der Waals surface area contributed by atoms with Crippen molar-refractivity contribution in [3.63, 3.8) is 0 Å². The number of hydrogen-bond acceptors (Lipinski definition) is 3. The number of nitrogen functional groups attached to an aromatic ring is 1. The molecule has 74 valence electrons. The Morgan fingerprint density at radius 3 is 2.64 bits per heavy atom. The molecular formula is C11H14N2O. The Balaban J connectivity index is 2.80. The number of fused-ring (bicyclic) bond motifs is 1. The predicted molar refractivity (Wildman–Crippen MR) is 57.1 cm³/mol. The van der Waals surface area contributed by atoms with Crippen LogP contribution in [0.4, 0.5) is 5.69 Å². The lowest BCUT2D eigenvalue weighted by Gasteiger charge is -2.18. The second kappa shape index (κ2) is 2.74. The zero-order valence-electron chi connectivity index (χ0n) is 8.66. The van der Waals surface area contributed by atoms with Crippen LogP contribution >= 0.6 is 0 Å². The van der Waals surface area contributed by atoms with Crippen molar-refractivity contribution in [1.29, 1.82) is 0 Å². The Kier molecular flexibility index (Phi) is 1.77. The Hall–Kier alpha value is -1.51. The zero-order chi connectivity index (χ0) is 10.3. The molecule has 14 heavy (non-hydrogen) atoms. The van der Waals surface area contributed by atoms with E-state index in [9.17, 15) is 0 Å². The third-order valence-corrected chi connectivity index (χ3v) is 2.32. The first-order chi connectivity index (χ1) is 6.50. The molecule has 0 atom stereocenters. The highest BCUT2D eigenvalue weighted by atomic mass is 16.3. The van der Waals surface area contributed by atoms with Crippen molar-refractivity contribution in [2.24, 2.45) is 0 Å². The van der Waals surface area contributed by atoms with Gasteiger partial charge in [0.05, 0.1) is 5.69 Å². The van der Waals surface area contributed by atoms with Gasteiger partial charge in [0.1, 0.15) is 5.52 Å². The van der Waals surface area contributed by atoms with Crippen LogP contribution in [-0.2, 0) is 5.41 Å². The summed E-state index contributed by atoms with van der Waals surface area (Å²) in [6.45, 7) is 6.42. The molecule has 3 nitrogen and oxygen atoms in total. The van der Waals surface area contributed by atoms with E-state index < -0.39 is 0 Å². The Morgan fingerprint density at radius 2 is 2.00 bits per heavy atom. The molecule has 0 spiro atoms. The number of anilines is 1. The van der Waals surface area contributed by atoms with E-state index in [1.54, 1.807) is 0 Å². The first-order valence-corrected chi connectivity index (χ1v) is 4.62. The Morgan fingerprint density at radius 1 is 1.29 bits per heavy atom. The van der Waals surface area contributed by atoms with Crippen molar-refractivity contribution in [1.82, 2.24) is 4.98 Å². The minimum absolute atomic E-state index is 0.0471. The molecule has 0 bridgehead atoms. The summed E-state index contributed by atoms with van der Waals surface area (Å²) in [5.74, 6) is 0. The van der Waals surface area contributed by atoms with Crippen LogP contribution in [0.1, 0.15) is 26.3 Å². The average molecular weight is 190 g/mol. The summed E-state index contributed by atoms with van der Waals surface area (Å²) >= 11 is 0. The predicted octanol–water partition coefficient (Wildman–Crippen LogP) is 2.71. The monoisotopic (exact) mass is 190 g/mol. The molecule has 0 amide bonds. The maximum Gasteiger partial charge on any atom is 0.182 e. The minimum atomic E-state index is 0.0471. The first-order valence-electron chi connectivity index (χ1n) is 4.62. The lowest BCUT2D eigenvalue weighted by atomic mass is 9.86. The highest BCUT2D eigenvalue weighted by molar-refractivity contribution is 5.88. The molecule has 3 heteroatoms. The number of nitrogens with zero attached hydrogens (tertiary/aromatic N) is 1. The highest BCUT2D eigenvalue weighted by Crippen LogP contribution is 2.31. The van der Waals surface area contributed by atoms with Gasteiger partial charge in [0, 0.05) is 5.56 Å². The minimum Gasteiger partial charge on any atom is -0.443 e. The molecule has 0 radical (unpaired) electrons. The van der Waals surface area contributed by atoms with Gasteiger partial charge in [0.25, 0.3) is 0 Å². The molecule has 1 aromatic heterocycles. The quantitative estimate of drug-likeness (QED) is 0.650. The second-order valence-electron chi connectivity index (χ2n) is 4.48. The van der Waals surface area contributed by atoms with Gasteiger partial charge in [-0.1, -0.05) is 26.8 Å². The summed E-state index contributed by atoms with van der Waals surface area (Å²) in [6, 6.07) is 3.88. The van der Waals surface area contributed by atoms with Gasteiger partial charge in [-0.3, -0.25) is 0 Å². The van der Waals surface area contributed by atoms with E-state index in [2.05, 4.69) is 25.8 Å². The van der Waals surface area contributed by atoms with Crippen molar-refractivity contribution >= 4 is 16.8 Å². The molecule has 0 aliphatic rings. The summed E-state index contributed by atoms with van der Waals surface area (Å²) in [5.41, 5.74) is 9.21. The standard InChI is InChI=1S/C11H14N2O/c1-11(2,3)7-4-5-8(12)9-10(7)14-6-13-9/h4-6H,12H2,1-3H3. The number of rotatable bonds is 0. The fourth-order valence-corrected chi connectivity index (χ4v) is 1.56. The largest absolute Gasteiger partial charge is 0.443 e. The maximum atomic E-state index is 5.79. The molecule has 0 aliphatic carbocycles. The third kappa shape index (κ3) is 1.25. The fourth-order valence-electron chi connectivity index (χ4n) is 1.56. The number of oxazole rings is 1. The second-order valence-corrected chi connectivity index (χ2v) is 4.48. The van der Waals surface area contributed by atoms with E-state index in [-0.39, 0.29) is 5.41 Å². The molecule has 1 aromatic carbocycles. The van der Waals surface area contributed by atoms with Gasteiger partial charge in [-0.25, -0.2) is 4.98 Å². The normalized spacial score (nSPS) is 12.2. The van der Waals surface area contributed by atoms with E-state index in [1.807, 2.05) is 12.1 Å². The van der Waals surface area contributed by atoms with Gasteiger partial charge in [-0.05, 0) is 11.5 Å². The molecule has 2 N–H and O–H groups in total. The Labute approximate surface area is 82.9 Å². The SMILES string of the molecule is CC(C)(C)c1ccc(N)c2ncoc12. The van der Waals surface area contributed by atoms with Crippen LogP contribution in [0.25, 0.3) is 11.1 Å². The van der Waals surface area contributed by atoms with E-state index in [0.29, 0.717) is 5.69 Å². The number of aromatic nitrogens is 1. The van der Waals surface area contributed by atoms with Crippen LogP contribution in [0, 0.1) is 0 Å². The third-order valence-electron chi connectivity index (χ3n) is 2.32. The fraction of sp³-hybridized carbons (Fsp3) is 0.364. The maximum absolute atomic E-state index is 5.79. The number of benzene rings is 1. The summed E-state index contributed by atoms with van der Waals surface area (Å²) < 4.78 is 5.37. The van der Waals surface area contributed by atoms with Crippen molar-refractivity contribution in [3.05, 3.63) is 24.1 Å².